The molecule has 0 aliphatic carbocycles. The number of hydrogen-bond acceptors (Lipinski definition) is 5. The van der Waals surface area contributed by atoms with Gasteiger partial charge in [-0.1, -0.05) is 0 Å². The molecule has 0 atom stereocenters. The summed E-state index contributed by atoms with van der Waals surface area (Å²) in [6.45, 7) is 0. The maximum absolute atomic E-state index is 10.6. The van der Waals surface area contributed by atoms with E-state index in [0.717, 1.165) is 0 Å². The van der Waals surface area contributed by atoms with Crippen LogP contribution in [0.15, 0.2) is 6.20 Å². The van der Waals surface area contributed by atoms with Gasteiger partial charge in [0.05, 0.1) is 11.6 Å². The van der Waals surface area contributed by atoms with E-state index in [9.17, 15) is 4.79 Å². The van der Waals surface area contributed by atoms with Gasteiger partial charge in [0.1, 0.15) is 5.82 Å². The highest BCUT2D eigenvalue weighted by atomic mass is 16.4. The molecule has 0 saturated heterocycles. The van der Waals surface area contributed by atoms with Gasteiger partial charge in [-0.15, -0.1) is 0 Å². The molecule has 0 aliphatic rings. The maximum atomic E-state index is 10.6. The quantitative estimate of drug-likeness (QED) is 0.640. The highest BCUT2D eigenvalue weighted by Gasteiger charge is 2.13. The van der Waals surface area contributed by atoms with Crippen molar-refractivity contribution in [3.63, 3.8) is 0 Å². The van der Waals surface area contributed by atoms with Crippen LogP contribution in [0.5, 0.6) is 0 Å². The van der Waals surface area contributed by atoms with Crippen molar-refractivity contribution in [2.24, 2.45) is 7.05 Å². The van der Waals surface area contributed by atoms with Crippen molar-refractivity contribution in [3.05, 3.63) is 12.0 Å². The number of carboxylic acid groups (broad SMARTS) is 1. The fourth-order valence-corrected chi connectivity index (χ4v) is 1.14. The summed E-state index contributed by atoms with van der Waals surface area (Å²) in [6, 6.07) is 0. The molecule has 0 radical (unpaired) electrons. The molecule has 0 bridgehead atoms. The molecule has 0 aliphatic heterocycles. The van der Waals surface area contributed by atoms with E-state index in [-0.39, 0.29) is 11.6 Å². The van der Waals surface area contributed by atoms with Crippen LogP contribution >= 0.6 is 0 Å². The highest BCUT2D eigenvalue weighted by molar-refractivity contribution is 5.91. The first-order valence-corrected chi connectivity index (χ1v) is 3.78. The van der Waals surface area contributed by atoms with Crippen molar-refractivity contribution in [1.29, 1.82) is 0 Å². The Morgan fingerprint density at radius 3 is 2.93 bits per heavy atom. The lowest BCUT2D eigenvalue weighted by Crippen LogP contribution is -2.07. The van der Waals surface area contributed by atoms with Crippen LogP contribution in [0, 0.1) is 0 Å². The standard InChI is InChI=1S/C7H7N5O2/c1-12-6-3(2-9-12)4(8)10-5(11-6)7(13)14/h2H,1H3,(H,13,14)(H2,8,10,11). The van der Waals surface area contributed by atoms with E-state index in [0.29, 0.717) is 11.0 Å². The summed E-state index contributed by atoms with van der Waals surface area (Å²) in [4.78, 5) is 18.1. The average Bonchev–Trinajstić information content (AvgIpc) is 2.48. The van der Waals surface area contributed by atoms with Crippen LogP contribution in [-0.2, 0) is 7.05 Å². The van der Waals surface area contributed by atoms with Gasteiger partial charge in [0.2, 0.25) is 5.82 Å². The Hall–Kier alpha value is -2.18. The van der Waals surface area contributed by atoms with Gasteiger partial charge < -0.3 is 10.8 Å². The van der Waals surface area contributed by atoms with Crippen LogP contribution in [-0.4, -0.2) is 30.8 Å². The van der Waals surface area contributed by atoms with Gasteiger partial charge in [0.15, 0.2) is 5.65 Å². The average molecular weight is 193 g/mol. The molecule has 0 fully saturated rings. The van der Waals surface area contributed by atoms with Gasteiger partial charge in [0.25, 0.3) is 0 Å². The predicted molar refractivity (Wildman–Crippen MR) is 47.7 cm³/mol. The van der Waals surface area contributed by atoms with E-state index in [1.807, 2.05) is 0 Å². The lowest BCUT2D eigenvalue weighted by atomic mass is 10.4. The molecular weight excluding hydrogens is 186 g/mol. The Labute approximate surface area is 78.2 Å². The van der Waals surface area contributed by atoms with E-state index in [1.165, 1.54) is 10.9 Å². The predicted octanol–water partition coefficient (Wildman–Crippen LogP) is -0.356. The Morgan fingerprint density at radius 2 is 2.29 bits per heavy atom. The SMILES string of the molecule is Cn1ncc2c(N)nc(C(=O)O)nc21. The molecule has 0 amide bonds. The third-order valence-electron chi connectivity index (χ3n) is 1.81. The first-order chi connectivity index (χ1) is 6.59. The zero-order chi connectivity index (χ0) is 10.3. The van der Waals surface area contributed by atoms with E-state index in [4.69, 9.17) is 10.8 Å². The number of nitrogens with two attached hydrogens (primary N) is 1. The van der Waals surface area contributed by atoms with Crippen molar-refractivity contribution < 1.29 is 9.90 Å². The number of hydrogen-bond donors (Lipinski definition) is 2. The first kappa shape index (κ1) is 8.42. The summed E-state index contributed by atoms with van der Waals surface area (Å²) in [5.41, 5.74) is 5.95. The van der Waals surface area contributed by atoms with E-state index in [2.05, 4.69) is 15.1 Å². The number of nitrogens with zero attached hydrogens (tertiary/aromatic N) is 4. The number of nitrogen functional groups attached to an aromatic ring is 1. The summed E-state index contributed by atoms with van der Waals surface area (Å²) in [5.74, 6) is -1.40. The Balaban J connectivity index is 2.82. The van der Waals surface area contributed by atoms with Gasteiger partial charge in [-0.2, -0.15) is 5.10 Å². The van der Waals surface area contributed by atoms with Crippen LogP contribution in [0.1, 0.15) is 10.6 Å². The highest BCUT2D eigenvalue weighted by Crippen LogP contribution is 2.15. The van der Waals surface area contributed by atoms with Crippen LogP contribution in [0.4, 0.5) is 5.82 Å². The van der Waals surface area contributed by atoms with Gasteiger partial charge in [-0.3, -0.25) is 4.68 Å². The smallest absolute Gasteiger partial charge is 0.374 e. The summed E-state index contributed by atoms with van der Waals surface area (Å²) < 4.78 is 1.44. The van der Waals surface area contributed by atoms with Crippen molar-refractivity contribution in [1.82, 2.24) is 19.7 Å². The van der Waals surface area contributed by atoms with Crippen molar-refractivity contribution in [3.8, 4) is 0 Å². The zero-order valence-electron chi connectivity index (χ0n) is 7.30. The van der Waals surface area contributed by atoms with Crippen LogP contribution in [0.2, 0.25) is 0 Å². The Kier molecular flexibility index (Phi) is 1.60. The van der Waals surface area contributed by atoms with Gasteiger partial charge >= 0.3 is 5.97 Å². The Morgan fingerprint density at radius 1 is 1.57 bits per heavy atom. The minimum atomic E-state index is -1.21. The number of aryl methyl sites for hydroxylation is 1. The maximum Gasteiger partial charge on any atom is 0.374 e. The molecule has 2 rings (SSSR count). The molecule has 7 nitrogen and oxygen atoms in total. The molecule has 7 heteroatoms. The lowest BCUT2D eigenvalue weighted by molar-refractivity contribution is 0.0684. The van der Waals surface area contributed by atoms with Crippen LogP contribution in [0.3, 0.4) is 0 Å². The largest absolute Gasteiger partial charge is 0.475 e. The van der Waals surface area contributed by atoms with Gasteiger partial charge in [-0.25, -0.2) is 14.8 Å². The van der Waals surface area contributed by atoms with Crippen LogP contribution in [0.25, 0.3) is 11.0 Å². The number of carboxylic acids is 1. The number of rotatable bonds is 1. The second-order valence-electron chi connectivity index (χ2n) is 2.74. The fourth-order valence-electron chi connectivity index (χ4n) is 1.14. The summed E-state index contributed by atoms with van der Waals surface area (Å²) in [5, 5.41) is 13.1. The number of carbonyl (C=O) groups is 1. The van der Waals surface area contributed by atoms with Crippen molar-refractivity contribution in [2.75, 3.05) is 5.73 Å². The Bertz CT molecular complexity index is 518. The van der Waals surface area contributed by atoms with Gasteiger partial charge in [-0.05, 0) is 0 Å². The molecule has 2 aromatic heterocycles. The van der Waals surface area contributed by atoms with Crippen LogP contribution < -0.4 is 5.73 Å². The molecule has 0 spiro atoms. The molecular formula is C7H7N5O2. The molecule has 3 N–H and O–H groups in total. The molecule has 72 valence electrons. The van der Waals surface area contributed by atoms with E-state index >= 15 is 0 Å². The number of aromatic nitrogens is 4. The minimum absolute atomic E-state index is 0.125. The number of aromatic carboxylic acids is 1. The second-order valence-corrected chi connectivity index (χ2v) is 2.74. The van der Waals surface area contributed by atoms with Crippen molar-refractivity contribution >= 4 is 22.8 Å². The molecule has 2 heterocycles. The molecule has 2 aromatic rings. The normalized spacial score (nSPS) is 10.6. The zero-order valence-corrected chi connectivity index (χ0v) is 7.30. The minimum Gasteiger partial charge on any atom is -0.475 e. The fraction of sp³-hybridized carbons (Fsp3) is 0.143. The second kappa shape index (κ2) is 2.66. The number of anilines is 1. The summed E-state index contributed by atoms with van der Waals surface area (Å²) in [6.07, 6.45) is 1.50. The third kappa shape index (κ3) is 1.06. The van der Waals surface area contributed by atoms with Crippen molar-refractivity contribution in [2.45, 2.75) is 0 Å². The first-order valence-electron chi connectivity index (χ1n) is 3.78. The lowest BCUT2D eigenvalue weighted by Gasteiger charge is -1.98. The van der Waals surface area contributed by atoms with Gasteiger partial charge in [0, 0.05) is 7.05 Å². The van der Waals surface area contributed by atoms with E-state index in [1.54, 1.807) is 7.05 Å². The third-order valence-corrected chi connectivity index (χ3v) is 1.81. The molecule has 14 heavy (non-hydrogen) atoms. The number of fused-ring (bicyclic) bond motifs is 1. The summed E-state index contributed by atoms with van der Waals surface area (Å²) >= 11 is 0. The monoisotopic (exact) mass is 193 g/mol. The summed E-state index contributed by atoms with van der Waals surface area (Å²) in [7, 11) is 1.65. The van der Waals surface area contributed by atoms with E-state index < -0.39 is 5.97 Å². The molecule has 0 unspecified atom stereocenters. The topological polar surface area (TPSA) is 107 Å². The molecule has 0 saturated carbocycles. The molecule has 0 aromatic carbocycles.